The molecule has 0 aromatic carbocycles. The van der Waals surface area contributed by atoms with Gasteiger partial charge in [0, 0.05) is 0 Å². The molecule has 0 unspecified atom stereocenters. The van der Waals surface area contributed by atoms with Crippen molar-refractivity contribution in [3.05, 3.63) is 0 Å². The summed E-state index contributed by atoms with van der Waals surface area (Å²) in [6.07, 6.45) is 10.5. The fourth-order valence-corrected chi connectivity index (χ4v) is 1.76. The SMILES string of the molecule is CCCC(CCC)CCCC=N. The van der Waals surface area contributed by atoms with E-state index in [4.69, 9.17) is 5.41 Å². The van der Waals surface area contributed by atoms with E-state index in [9.17, 15) is 0 Å². The first-order valence-electron chi connectivity index (χ1n) is 5.34. The van der Waals surface area contributed by atoms with Gasteiger partial charge in [-0.1, -0.05) is 46.0 Å². The second kappa shape index (κ2) is 8.76. The van der Waals surface area contributed by atoms with Crippen molar-refractivity contribution in [1.82, 2.24) is 0 Å². The van der Waals surface area contributed by atoms with Crippen LogP contribution in [0.2, 0.25) is 0 Å². The van der Waals surface area contributed by atoms with E-state index in [1.54, 1.807) is 0 Å². The monoisotopic (exact) mass is 169 g/mol. The van der Waals surface area contributed by atoms with Crippen LogP contribution < -0.4 is 0 Å². The van der Waals surface area contributed by atoms with Gasteiger partial charge in [-0.25, -0.2) is 0 Å². The molecule has 0 aliphatic rings. The lowest BCUT2D eigenvalue weighted by molar-refractivity contribution is 0.403. The first-order valence-corrected chi connectivity index (χ1v) is 5.34. The zero-order chi connectivity index (χ0) is 9.23. The second-order valence-corrected chi connectivity index (χ2v) is 3.58. The van der Waals surface area contributed by atoms with E-state index in [1.165, 1.54) is 44.7 Å². The molecule has 0 amide bonds. The third-order valence-electron chi connectivity index (χ3n) is 2.35. The average Bonchev–Trinajstić information content (AvgIpc) is 2.06. The van der Waals surface area contributed by atoms with Gasteiger partial charge in [-0.05, 0) is 25.0 Å². The number of hydrogen-bond acceptors (Lipinski definition) is 1. The molecule has 0 radical (unpaired) electrons. The Labute approximate surface area is 77.1 Å². The van der Waals surface area contributed by atoms with Crippen molar-refractivity contribution >= 4 is 6.21 Å². The summed E-state index contributed by atoms with van der Waals surface area (Å²) in [4.78, 5) is 0. The third kappa shape index (κ3) is 6.38. The highest BCUT2D eigenvalue weighted by Gasteiger charge is 2.04. The molecule has 0 aromatic rings. The van der Waals surface area contributed by atoms with Crippen LogP contribution in [-0.4, -0.2) is 6.21 Å². The summed E-state index contributed by atoms with van der Waals surface area (Å²) in [5, 5.41) is 6.93. The lowest BCUT2D eigenvalue weighted by atomic mass is 9.93. The van der Waals surface area contributed by atoms with Crippen molar-refractivity contribution in [2.75, 3.05) is 0 Å². The molecule has 0 bridgehead atoms. The fourth-order valence-electron chi connectivity index (χ4n) is 1.76. The van der Waals surface area contributed by atoms with E-state index in [0.717, 1.165) is 12.3 Å². The maximum atomic E-state index is 6.93. The minimum Gasteiger partial charge on any atom is -0.313 e. The smallest absolute Gasteiger partial charge is 0.00477 e. The molecule has 0 heterocycles. The van der Waals surface area contributed by atoms with E-state index in [2.05, 4.69) is 13.8 Å². The molecule has 72 valence electrons. The number of nitrogens with one attached hydrogen (secondary N) is 1. The number of unbranched alkanes of at least 4 members (excludes halogenated alkanes) is 1. The standard InChI is InChI=1S/C11H23N/c1-3-7-11(8-4-2)9-5-6-10-12/h10-12H,3-9H2,1-2H3. The van der Waals surface area contributed by atoms with Crippen LogP contribution >= 0.6 is 0 Å². The number of hydrogen-bond donors (Lipinski definition) is 1. The molecule has 0 aromatic heterocycles. The second-order valence-electron chi connectivity index (χ2n) is 3.58. The van der Waals surface area contributed by atoms with Crippen molar-refractivity contribution in [3.8, 4) is 0 Å². The van der Waals surface area contributed by atoms with Crippen LogP contribution in [0.4, 0.5) is 0 Å². The molecule has 0 aliphatic heterocycles. The van der Waals surface area contributed by atoms with Gasteiger partial charge in [0.15, 0.2) is 0 Å². The van der Waals surface area contributed by atoms with E-state index in [-0.39, 0.29) is 0 Å². The summed E-state index contributed by atoms with van der Waals surface area (Å²) < 4.78 is 0. The van der Waals surface area contributed by atoms with Crippen molar-refractivity contribution in [1.29, 1.82) is 5.41 Å². The minimum absolute atomic E-state index is 0.931. The van der Waals surface area contributed by atoms with E-state index in [0.29, 0.717) is 0 Å². The Morgan fingerprint density at radius 2 is 1.67 bits per heavy atom. The molecule has 0 atom stereocenters. The van der Waals surface area contributed by atoms with E-state index >= 15 is 0 Å². The van der Waals surface area contributed by atoms with Gasteiger partial charge in [0.25, 0.3) is 0 Å². The van der Waals surface area contributed by atoms with Gasteiger partial charge in [-0.15, -0.1) is 0 Å². The molecule has 0 rings (SSSR count). The highest BCUT2D eigenvalue weighted by atomic mass is 14.3. The average molecular weight is 169 g/mol. The maximum absolute atomic E-state index is 6.93. The van der Waals surface area contributed by atoms with Gasteiger partial charge >= 0.3 is 0 Å². The Balaban J connectivity index is 3.40. The quantitative estimate of drug-likeness (QED) is 0.419. The molecule has 0 spiro atoms. The van der Waals surface area contributed by atoms with Crippen LogP contribution in [0.1, 0.15) is 58.8 Å². The van der Waals surface area contributed by atoms with Gasteiger partial charge in [0.05, 0.1) is 0 Å². The van der Waals surface area contributed by atoms with Crippen molar-refractivity contribution in [2.45, 2.75) is 58.8 Å². The van der Waals surface area contributed by atoms with Crippen LogP contribution in [0.5, 0.6) is 0 Å². The summed E-state index contributed by atoms with van der Waals surface area (Å²) in [6, 6.07) is 0. The predicted octanol–water partition coefficient (Wildman–Crippen LogP) is 4.02. The summed E-state index contributed by atoms with van der Waals surface area (Å²) in [5.74, 6) is 0.931. The molecule has 0 aliphatic carbocycles. The van der Waals surface area contributed by atoms with Crippen molar-refractivity contribution in [2.24, 2.45) is 5.92 Å². The van der Waals surface area contributed by atoms with E-state index in [1.807, 2.05) is 0 Å². The topological polar surface area (TPSA) is 23.9 Å². The van der Waals surface area contributed by atoms with Gasteiger partial charge < -0.3 is 5.41 Å². The molecule has 1 nitrogen and oxygen atoms in total. The summed E-state index contributed by atoms with van der Waals surface area (Å²) in [7, 11) is 0. The Hall–Kier alpha value is -0.330. The zero-order valence-electron chi connectivity index (χ0n) is 8.60. The third-order valence-corrected chi connectivity index (χ3v) is 2.35. The van der Waals surface area contributed by atoms with Crippen LogP contribution in [0.3, 0.4) is 0 Å². The highest BCUT2D eigenvalue weighted by molar-refractivity contribution is 5.52. The Bertz CT molecular complexity index is 93.2. The Morgan fingerprint density at radius 1 is 1.08 bits per heavy atom. The van der Waals surface area contributed by atoms with Gasteiger partial charge in [0.1, 0.15) is 0 Å². The maximum Gasteiger partial charge on any atom is -0.00477 e. The molecule has 12 heavy (non-hydrogen) atoms. The lowest BCUT2D eigenvalue weighted by Gasteiger charge is -2.13. The van der Waals surface area contributed by atoms with Crippen molar-refractivity contribution < 1.29 is 0 Å². The molecule has 0 fully saturated rings. The predicted molar refractivity (Wildman–Crippen MR) is 55.9 cm³/mol. The summed E-state index contributed by atoms with van der Waals surface area (Å²) >= 11 is 0. The molecule has 0 saturated carbocycles. The Kier molecular flexibility index (Phi) is 8.52. The largest absolute Gasteiger partial charge is 0.313 e. The summed E-state index contributed by atoms with van der Waals surface area (Å²) in [6.45, 7) is 4.53. The van der Waals surface area contributed by atoms with Crippen LogP contribution in [-0.2, 0) is 0 Å². The van der Waals surface area contributed by atoms with Crippen molar-refractivity contribution in [3.63, 3.8) is 0 Å². The zero-order valence-corrected chi connectivity index (χ0v) is 8.60. The lowest BCUT2D eigenvalue weighted by Crippen LogP contribution is -1.99. The molecule has 0 saturated heterocycles. The molecule has 1 heteroatoms. The van der Waals surface area contributed by atoms with E-state index < -0.39 is 0 Å². The van der Waals surface area contributed by atoms with Gasteiger partial charge in [0.2, 0.25) is 0 Å². The Morgan fingerprint density at radius 3 is 2.08 bits per heavy atom. The van der Waals surface area contributed by atoms with Crippen LogP contribution in [0.15, 0.2) is 0 Å². The van der Waals surface area contributed by atoms with Crippen LogP contribution in [0.25, 0.3) is 0 Å². The highest BCUT2D eigenvalue weighted by Crippen LogP contribution is 2.19. The molecule has 1 N–H and O–H groups in total. The fraction of sp³-hybridized carbons (Fsp3) is 0.909. The minimum atomic E-state index is 0.931. The first kappa shape index (κ1) is 11.7. The van der Waals surface area contributed by atoms with Gasteiger partial charge in [-0.2, -0.15) is 0 Å². The summed E-state index contributed by atoms with van der Waals surface area (Å²) in [5.41, 5.74) is 0. The molecular weight excluding hydrogens is 146 g/mol. The first-order chi connectivity index (χ1) is 5.85. The van der Waals surface area contributed by atoms with Crippen LogP contribution in [0, 0.1) is 11.3 Å². The normalized spacial score (nSPS) is 10.6. The van der Waals surface area contributed by atoms with Gasteiger partial charge in [-0.3, -0.25) is 0 Å². The molecular formula is C11H23N. The number of rotatable bonds is 8.